The first-order valence-corrected chi connectivity index (χ1v) is 14.7. The molecule has 1 atom stereocenters. The van der Waals surface area contributed by atoms with E-state index in [0.29, 0.717) is 16.9 Å². The summed E-state index contributed by atoms with van der Waals surface area (Å²) in [6.07, 6.45) is 1.36. The molecule has 0 saturated carbocycles. The predicted octanol–water partition coefficient (Wildman–Crippen LogP) is 4.99. The molecule has 0 fully saturated rings. The fourth-order valence-corrected chi connectivity index (χ4v) is 6.01. The quantitative estimate of drug-likeness (QED) is 0.394. The Morgan fingerprint density at radius 2 is 1.80 bits per heavy atom. The van der Waals surface area contributed by atoms with Crippen molar-refractivity contribution in [1.82, 2.24) is 25.3 Å². The standard InChI is InChI=1S/C29H28FN5O4S2/c1-29(2,3)39-28(38)33-35-16-40-26-22(27(37)31-14-18-6-10-21(30)11-7-18)13-20(25(36)24(26)35)12-17-4-8-19(9-5-17)23-15-41-34-32-23/h4-11,13,15,20H,12,14,16H2,1-3H3,(H,31,37)(H,33,38). The Morgan fingerprint density at radius 1 is 1.10 bits per heavy atom. The molecule has 12 heteroatoms. The number of allylic oxidation sites excluding steroid dienone is 2. The van der Waals surface area contributed by atoms with Crippen LogP contribution in [0.2, 0.25) is 0 Å². The number of hydrazine groups is 1. The molecule has 3 aromatic rings. The lowest BCUT2D eigenvalue weighted by atomic mass is 9.86. The molecule has 0 bridgehead atoms. The monoisotopic (exact) mass is 593 g/mol. The second kappa shape index (κ2) is 11.8. The second-order valence-electron chi connectivity index (χ2n) is 10.5. The summed E-state index contributed by atoms with van der Waals surface area (Å²) in [5.74, 6) is -1.33. The second-order valence-corrected chi connectivity index (χ2v) is 12.1. The highest BCUT2D eigenvalue weighted by molar-refractivity contribution is 8.03. The third kappa shape index (κ3) is 6.83. The van der Waals surface area contributed by atoms with E-state index in [4.69, 9.17) is 4.74 Å². The molecule has 5 rings (SSSR count). The number of thioether (sulfide) groups is 1. The first-order chi connectivity index (χ1) is 19.6. The number of ketones is 1. The minimum absolute atomic E-state index is 0.190. The van der Waals surface area contributed by atoms with Gasteiger partial charge in [0.25, 0.3) is 5.91 Å². The lowest BCUT2D eigenvalue weighted by Gasteiger charge is -2.28. The molecule has 1 aromatic heterocycles. The number of Topliss-reactive ketones (excluding diaryl/α,β-unsaturated/α-hetero) is 1. The molecule has 1 unspecified atom stereocenters. The van der Waals surface area contributed by atoms with Gasteiger partial charge in [-0.1, -0.05) is 58.7 Å². The van der Waals surface area contributed by atoms with Gasteiger partial charge in [-0.05, 0) is 62.0 Å². The number of aromatic nitrogens is 2. The van der Waals surface area contributed by atoms with Crippen LogP contribution in [-0.4, -0.2) is 43.9 Å². The summed E-state index contributed by atoms with van der Waals surface area (Å²) in [4.78, 5) is 40.3. The molecule has 9 nitrogen and oxygen atoms in total. The van der Waals surface area contributed by atoms with Crippen LogP contribution in [0, 0.1) is 11.7 Å². The summed E-state index contributed by atoms with van der Waals surface area (Å²) in [6, 6.07) is 13.6. The molecule has 2 aromatic carbocycles. The molecule has 0 spiro atoms. The van der Waals surface area contributed by atoms with E-state index in [1.54, 1.807) is 39.0 Å². The fraction of sp³-hybridized carbons (Fsp3) is 0.276. The molecule has 0 saturated heterocycles. The zero-order valence-electron chi connectivity index (χ0n) is 22.6. The Morgan fingerprint density at radius 3 is 2.46 bits per heavy atom. The van der Waals surface area contributed by atoms with Gasteiger partial charge in [-0.25, -0.2) is 14.6 Å². The van der Waals surface area contributed by atoms with E-state index in [9.17, 15) is 18.8 Å². The lowest BCUT2D eigenvalue weighted by Crippen LogP contribution is -2.45. The van der Waals surface area contributed by atoms with Gasteiger partial charge < -0.3 is 10.1 Å². The Balaban J connectivity index is 1.39. The van der Waals surface area contributed by atoms with Crippen molar-refractivity contribution in [3.05, 3.63) is 93.1 Å². The number of halogens is 1. The van der Waals surface area contributed by atoms with E-state index < -0.39 is 17.6 Å². The van der Waals surface area contributed by atoms with Gasteiger partial charge in [-0.3, -0.25) is 14.6 Å². The third-order valence-electron chi connectivity index (χ3n) is 6.31. The molecule has 1 aliphatic heterocycles. The predicted molar refractivity (Wildman–Crippen MR) is 155 cm³/mol. The van der Waals surface area contributed by atoms with Crippen LogP contribution in [-0.2, 0) is 27.3 Å². The largest absolute Gasteiger partial charge is 0.443 e. The number of nitrogens with zero attached hydrogens (tertiary/aromatic N) is 3. The average molecular weight is 594 g/mol. The van der Waals surface area contributed by atoms with E-state index in [-0.39, 0.29) is 35.6 Å². The molecule has 212 valence electrons. The van der Waals surface area contributed by atoms with Crippen molar-refractivity contribution in [1.29, 1.82) is 0 Å². The number of hydrogen-bond donors (Lipinski definition) is 2. The number of hydrogen-bond acceptors (Lipinski definition) is 9. The summed E-state index contributed by atoms with van der Waals surface area (Å²) in [6.45, 7) is 5.44. The van der Waals surface area contributed by atoms with Crippen LogP contribution in [0.3, 0.4) is 0 Å². The van der Waals surface area contributed by atoms with Crippen molar-refractivity contribution < 1.29 is 23.5 Å². The molecule has 2 amide bonds. The molecule has 2 aliphatic rings. The number of nitrogens with one attached hydrogen (secondary N) is 2. The number of rotatable bonds is 7. The maximum absolute atomic E-state index is 13.8. The van der Waals surface area contributed by atoms with Crippen LogP contribution in [0.15, 0.2) is 76.2 Å². The van der Waals surface area contributed by atoms with Gasteiger partial charge in [0, 0.05) is 23.4 Å². The zero-order chi connectivity index (χ0) is 29.1. The molecular formula is C29H28FN5O4S2. The Bertz CT molecular complexity index is 1510. The van der Waals surface area contributed by atoms with E-state index in [1.807, 2.05) is 29.6 Å². The highest BCUT2D eigenvalue weighted by Crippen LogP contribution is 2.42. The summed E-state index contributed by atoms with van der Waals surface area (Å²) in [5, 5.41) is 10.3. The van der Waals surface area contributed by atoms with Crippen LogP contribution in [0.4, 0.5) is 9.18 Å². The molecule has 0 radical (unpaired) electrons. The van der Waals surface area contributed by atoms with Crippen molar-refractivity contribution in [3.63, 3.8) is 0 Å². The minimum atomic E-state index is -0.723. The minimum Gasteiger partial charge on any atom is -0.443 e. The van der Waals surface area contributed by atoms with E-state index >= 15 is 0 Å². The van der Waals surface area contributed by atoms with Gasteiger partial charge in [0.2, 0.25) is 0 Å². The summed E-state index contributed by atoms with van der Waals surface area (Å²) in [5.41, 5.74) is 5.88. The van der Waals surface area contributed by atoms with E-state index in [1.165, 1.54) is 40.4 Å². The number of ether oxygens (including phenoxy) is 1. The molecule has 2 N–H and O–H groups in total. The van der Waals surface area contributed by atoms with Gasteiger partial charge in [-0.2, -0.15) is 0 Å². The Hall–Kier alpha value is -4.03. The molecular weight excluding hydrogens is 565 g/mol. The smallest absolute Gasteiger partial charge is 0.426 e. The average Bonchev–Trinajstić information content (AvgIpc) is 3.60. The number of carbonyl (C=O) groups is 3. The summed E-state index contributed by atoms with van der Waals surface area (Å²) < 4.78 is 22.6. The van der Waals surface area contributed by atoms with Crippen molar-refractivity contribution in [2.45, 2.75) is 39.3 Å². The first-order valence-electron chi connectivity index (χ1n) is 12.9. The first kappa shape index (κ1) is 28.5. The van der Waals surface area contributed by atoms with Gasteiger partial charge >= 0.3 is 6.09 Å². The summed E-state index contributed by atoms with van der Waals surface area (Å²) >= 11 is 2.56. The normalized spacial score (nSPS) is 16.8. The number of amides is 2. The third-order valence-corrected chi connectivity index (χ3v) is 7.90. The number of benzene rings is 2. The Labute approximate surface area is 245 Å². The highest BCUT2D eigenvalue weighted by atomic mass is 32.2. The lowest BCUT2D eigenvalue weighted by molar-refractivity contribution is -0.119. The van der Waals surface area contributed by atoms with Gasteiger partial charge in [0.05, 0.1) is 16.4 Å². The zero-order valence-corrected chi connectivity index (χ0v) is 24.3. The maximum Gasteiger partial charge on any atom is 0.426 e. The maximum atomic E-state index is 13.8. The molecule has 1 aliphatic carbocycles. The van der Waals surface area contributed by atoms with Crippen LogP contribution >= 0.6 is 23.3 Å². The van der Waals surface area contributed by atoms with Crippen LogP contribution in [0.25, 0.3) is 11.3 Å². The SMILES string of the molecule is CC(C)(C)OC(=O)NN1CSC2=C1C(=O)C(Cc1ccc(-c3csnn3)cc1)C=C2C(=O)NCc1ccc(F)cc1. The van der Waals surface area contributed by atoms with Crippen molar-refractivity contribution in [2.75, 3.05) is 5.88 Å². The van der Waals surface area contributed by atoms with E-state index in [0.717, 1.165) is 22.4 Å². The molecule has 41 heavy (non-hydrogen) atoms. The molecule has 2 heterocycles. The van der Waals surface area contributed by atoms with Gasteiger partial charge in [-0.15, -0.1) is 5.10 Å². The van der Waals surface area contributed by atoms with Crippen LogP contribution < -0.4 is 10.7 Å². The highest BCUT2D eigenvalue weighted by Gasteiger charge is 2.40. The fourth-order valence-electron chi connectivity index (χ4n) is 4.43. The van der Waals surface area contributed by atoms with Crippen LogP contribution in [0.1, 0.15) is 31.9 Å². The Kier molecular flexibility index (Phi) is 8.22. The van der Waals surface area contributed by atoms with Gasteiger partial charge in [0.15, 0.2) is 5.78 Å². The van der Waals surface area contributed by atoms with Crippen molar-refractivity contribution in [3.8, 4) is 11.3 Å². The topological polar surface area (TPSA) is 114 Å². The van der Waals surface area contributed by atoms with Crippen molar-refractivity contribution in [2.24, 2.45) is 5.92 Å². The summed E-state index contributed by atoms with van der Waals surface area (Å²) in [7, 11) is 0. The van der Waals surface area contributed by atoms with Crippen molar-refractivity contribution >= 4 is 41.1 Å². The van der Waals surface area contributed by atoms with Crippen LogP contribution in [0.5, 0.6) is 0 Å². The number of carbonyl (C=O) groups excluding carboxylic acids is 3. The van der Waals surface area contributed by atoms with Gasteiger partial charge in [0.1, 0.15) is 22.8 Å². The van der Waals surface area contributed by atoms with E-state index in [2.05, 4.69) is 20.3 Å².